The topological polar surface area (TPSA) is 31.1 Å². The average Bonchev–Trinajstić information content (AvgIpc) is 1.59. The van der Waals surface area contributed by atoms with E-state index in [-0.39, 0.29) is 0 Å². The van der Waals surface area contributed by atoms with Crippen molar-refractivity contribution in [3.8, 4) is 22.7 Å². The molecule has 19 aromatic carbocycles. The lowest BCUT2D eigenvalue weighted by Gasteiger charge is -2.27. The maximum atomic E-state index is 4.83. The molecule has 0 unspecified atom stereocenters. The number of fused-ring (bicyclic) bond motifs is 29. The van der Waals surface area contributed by atoms with Crippen LogP contribution < -0.4 is 9.80 Å². The van der Waals surface area contributed by atoms with Crippen LogP contribution in [0.25, 0.3) is 213 Å². The van der Waals surface area contributed by atoms with Crippen molar-refractivity contribution in [3.63, 3.8) is 0 Å². The summed E-state index contributed by atoms with van der Waals surface area (Å²) in [5.41, 5.74) is 25.5. The lowest BCUT2D eigenvalue weighted by Crippen LogP contribution is -2.18. The fourth-order valence-corrected chi connectivity index (χ4v) is 21.3. The smallest absolute Gasteiger partial charge is 0.0547 e. The zero-order chi connectivity index (χ0) is 80.8. The van der Waals surface area contributed by atoms with Crippen molar-refractivity contribution < 1.29 is 0 Å². The second-order valence-corrected chi connectivity index (χ2v) is 33.1. The quantitative estimate of drug-likeness (QED) is 0.149. The Labute approximate surface area is 707 Å². The first kappa shape index (κ1) is 68.8. The minimum absolute atomic E-state index is 0.653. The molecule has 24 aromatic rings. The number of nitrogens with zero attached hydrogens (tertiary/aromatic N) is 7. The summed E-state index contributed by atoms with van der Waals surface area (Å²) in [6.07, 6.45) is 15.6. The molecule has 7 heteroatoms. The first-order valence-corrected chi connectivity index (χ1v) is 42.5. The van der Waals surface area contributed by atoms with E-state index in [1.807, 2.05) is 0 Å². The van der Waals surface area contributed by atoms with Gasteiger partial charge >= 0.3 is 0 Å². The van der Waals surface area contributed by atoms with Gasteiger partial charge in [-0.1, -0.05) is 250 Å². The summed E-state index contributed by atoms with van der Waals surface area (Å²) in [7, 11) is 0. The number of hydrogen-bond acceptors (Lipinski definition) is 2. The third kappa shape index (κ3) is 10.2. The molecule has 2 aliphatic rings. The molecule has 0 radical (unpaired) electrons. The number of anilines is 4. The fraction of sp³-hybridized carbons (Fsp3) is 0.0172. The van der Waals surface area contributed by atoms with Gasteiger partial charge in [0.1, 0.15) is 0 Å². The predicted molar refractivity (Wildman–Crippen MR) is 525 cm³/mol. The van der Waals surface area contributed by atoms with Crippen molar-refractivity contribution in [1.82, 2.24) is 22.8 Å². The van der Waals surface area contributed by atoms with E-state index in [0.29, 0.717) is 13.1 Å². The largest absolute Gasteiger partial charge is 0.337 e. The van der Waals surface area contributed by atoms with Crippen LogP contribution in [-0.2, 0) is 0 Å². The Balaban J connectivity index is 0.691. The van der Waals surface area contributed by atoms with Crippen molar-refractivity contribution in [3.05, 3.63) is 431 Å². The Morgan fingerprint density at radius 3 is 1.04 bits per heavy atom. The highest BCUT2D eigenvalue weighted by molar-refractivity contribution is 6.33. The van der Waals surface area contributed by atoms with Crippen LogP contribution in [0.1, 0.15) is 11.1 Å². The van der Waals surface area contributed by atoms with Crippen LogP contribution >= 0.6 is 0 Å². The van der Waals surface area contributed by atoms with Gasteiger partial charge in [0.05, 0.1) is 55.2 Å². The molecule has 574 valence electrons. The van der Waals surface area contributed by atoms with Gasteiger partial charge in [0.2, 0.25) is 0 Å². The minimum atomic E-state index is 0.653. The highest BCUT2D eigenvalue weighted by Crippen LogP contribution is 2.50. The van der Waals surface area contributed by atoms with Gasteiger partial charge in [0, 0.05) is 129 Å². The first-order valence-electron chi connectivity index (χ1n) is 42.5. The highest BCUT2D eigenvalue weighted by atomic mass is 15.1. The van der Waals surface area contributed by atoms with Crippen LogP contribution in [-0.4, -0.2) is 35.9 Å². The molecule has 0 spiro atoms. The van der Waals surface area contributed by atoms with Crippen LogP contribution in [0.5, 0.6) is 0 Å². The zero-order valence-electron chi connectivity index (χ0n) is 67.1. The lowest BCUT2D eigenvalue weighted by atomic mass is 9.91. The molecule has 26 rings (SSSR count). The summed E-state index contributed by atoms with van der Waals surface area (Å²) in [6, 6.07) is 136. The molecule has 7 nitrogen and oxygen atoms in total. The number of allylic oxidation sites excluding steroid dienone is 8. The normalized spacial score (nSPS) is 14.1. The summed E-state index contributed by atoms with van der Waals surface area (Å²) < 4.78 is 12.4. The summed E-state index contributed by atoms with van der Waals surface area (Å²) >= 11 is 0. The van der Waals surface area contributed by atoms with E-state index in [4.69, 9.17) is 13.2 Å². The number of para-hydroxylation sites is 8. The molecule has 0 saturated heterocycles. The molecule has 123 heavy (non-hydrogen) atoms. The van der Waals surface area contributed by atoms with Crippen LogP contribution in [0, 0.1) is 0 Å². The Kier molecular flexibility index (Phi) is 14.9. The van der Waals surface area contributed by atoms with Crippen LogP contribution in [0.15, 0.2) is 420 Å². The monoisotopic (exact) mass is 1570 g/mol. The van der Waals surface area contributed by atoms with Gasteiger partial charge in [-0.15, -0.1) is 0 Å². The van der Waals surface area contributed by atoms with Crippen LogP contribution in [0.3, 0.4) is 0 Å². The van der Waals surface area contributed by atoms with Crippen molar-refractivity contribution >= 4 is 213 Å². The summed E-state index contributed by atoms with van der Waals surface area (Å²) in [4.78, 5) is 4.86. The second kappa shape index (κ2) is 26.6. The van der Waals surface area contributed by atoms with Crippen molar-refractivity contribution in [2.75, 3.05) is 22.9 Å². The third-order valence-corrected chi connectivity index (χ3v) is 26.7. The average molecular weight is 1570 g/mol. The van der Waals surface area contributed by atoms with Gasteiger partial charge < -0.3 is 32.6 Å². The molecular formula is C116H75N7. The van der Waals surface area contributed by atoms with E-state index in [1.54, 1.807) is 0 Å². The van der Waals surface area contributed by atoms with E-state index in [2.05, 4.69) is 439 Å². The Morgan fingerprint density at radius 2 is 0.520 bits per heavy atom. The van der Waals surface area contributed by atoms with Crippen molar-refractivity contribution in [2.45, 2.75) is 0 Å². The highest BCUT2D eigenvalue weighted by Gasteiger charge is 2.27. The van der Waals surface area contributed by atoms with E-state index in [0.717, 1.165) is 112 Å². The third-order valence-electron chi connectivity index (χ3n) is 26.7. The first-order chi connectivity index (χ1) is 60.9. The van der Waals surface area contributed by atoms with Gasteiger partial charge in [-0.25, -0.2) is 0 Å². The molecular weight excluding hydrogens is 1490 g/mol. The maximum absolute atomic E-state index is 4.83. The van der Waals surface area contributed by atoms with Gasteiger partial charge in [0.15, 0.2) is 0 Å². The van der Waals surface area contributed by atoms with Crippen molar-refractivity contribution in [1.29, 1.82) is 0 Å². The minimum Gasteiger partial charge on any atom is -0.337 e. The van der Waals surface area contributed by atoms with Crippen molar-refractivity contribution in [2.24, 2.45) is 0 Å². The summed E-state index contributed by atoms with van der Waals surface area (Å²) in [5.74, 6) is 0. The Bertz CT molecular complexity index is 8840. The van der Waals surface area contributed by atoms with E-state index >= 15 is 0 Å². The maximum Gasteiger partial charge on any atom is 0.0547 e. The summed E-state index contributed by atoms with van der Waals surface area (Å²) in [5, 5.41) is 26.5. The van der Waals surface area contributed by atoms with Gasteiger partial charge in [-0.2, -0.15) is 0 Å². The van der Waals surface area contributed by atoms with E-state index < -0.39 is 0 Å². The number of aromatic nitrogens is 5. The molecule has 0 bridgehead atoms. The molecule has 7 heterocycles. The number of rotatable bonds is 7. The molecule has 0 fully saturated rings. The molecule has 0 atom stereocenters. The summed E-state index contributed by atoms with van der Waals surface area (Å²) in [6.45, 7) is 10.9. The van der Waals surface area contributed by atoms with Crippen LogP contribution in [0.2, 0.25) is 0 Å². The van der Waals surface area contributed by atoms with Gasteiger partial charge in [-0.05, 0) is 246 Å². The predicted octanol–water partition coefficient (Wildman–Crippen LogP) is 30.6. The molecule has 0 saturated carbocycles. The molecule has 0 aliphatic carbocycles. The Hall–Kier alpha value is -16.2. The molecule has 0 N–H and O–H groups in total. The zero-order valence-corrected chi connectivity index (χ0v) is 67.1. The number of benzene rings is 19. The standard InChI is InChI=1S/C116H75N7/c1-72-28-5-4-26-60-118(106-57-52-78(64-94(72)106)120-107-44-20-13-37-88(107)89-38-14-21-45-108(89)120)75-50-55-86-95(63-75)82-33-8-10-35-84(82)97-68-103-104-69-98-85-36-11-9-34-83(85)96-65-77(122-112-49-25-18-42-93(112)101-66-79(53-58-114(101)122)121-109-46-22-15-39-90(109)91-40-16-23-47-110(91)121)51-56-87(96)100(98)71-116(104)123(115(103)70-99(86)97)80-54-59-113-102(67-80)92-41-17-24-48-111(92)119(113)76-31-27-61-117(74-29-6-3-7-30-74)105-43-19-12-32-81(105)73(2)62-76/h3-59,62-71H,1-2,60-61H2/b26-4-,28-5-,31-27?,76-62?. The fourth-order valence-electron chi connectivity index (χ4n) is 21.3. The molecule has 2 aliphatic heterocycles. The SMILES string of the molecule is C=C1C=C(n2c3ccccc3c3cc(-n4c5cc6c7ccc(N8C/C=C\C=C/C(=C)c9cc(-n%10c%11ccccc%11c%11ccccc%11%10)ccc98)cc7c7ccccc7c6cc5c5cc6c7ccccc7c7cc(-n8c9ccccc9c9cc(-n%10c%11ccccc%11c%11ccccc%11%10)ccc98)ccc7c6cc54)ccc32)C=CCN(c2ccccc2)c2ccccc21. The second-order valence-electron chi connectivity index (χ2n) is 33.1. The lowest BCUT2D eigenvalue weighted by molar-refractivity contribution is 1.09. The molecule has 0 amide bonds. The molecule has 5 aromatic heterocycles. The van der Waals surface area contributed by atoms with Gasteiger partial charge in [-0.3, -0.25) is 0 Å². The van der Waals surface area contributed by atoms with Crippen LogP contribution in [0.4, 0.5) is 22.7 Å². The van der Waals surface area contributed by atoms with Gasteiger partial charge in [0.25, 0.3) is 0 Å². The van der Waals surface area contributed by atoms with E-state index in [1.165, 1.54) is 135 Å². The number of hydrogen-bond donors (Lipinski definition) is 0. The Morgan fingerprint density at radius 1 is 0.187 bits per heavy atom. The van der Waals surface area contributed by atoms with E-state index in [9.17, 15) is 0 Å².